The number of hydrogen-bond donors (Lipinski definition) is 2. The highest BCUT2D eigenvalue weighted by atomic mass is 35.5. The highest BCUT2D eigenvalue weighted by Gasteiger charge is 2.16. The number of nitrogens with one attached hydrogen (secondary N) is 1. The van der Waals surface area contributed by atoms with E-state index in [1.165, 1.54) is 19.2 Å². The fourth-order valence-corrected chi connectivity index (χ4v) is 2.16. The van der Waals surface area contributed by atoms with Crippen molar-refractivity contribution in [3.8, 4) is 5.75 Å². The van der Waals surface area contributed by atoms with Gasteiger partial charge in [0.2, 0.25) is 10.0 Å². The Bertz CT molecular complexity index is 571. The minimum Gasteiger partial charge on any atom is -0.496 e. The molecule has 1 aromatic carbocycles. The molecule has 0 unspecified atom stereocenters. The maximum absolute atomic E-state index is 11.5. The van der Waals surface area contributed by atoms with E-state index in [0.717, 1.165) is 6.26 Å². The summed E-state index contributed by atoms with van der Waals surface area (Å²) in [6, 6.07) is 2.66. The third-order valence-corrected chi connectivity index (χ3v) is 2.97. The van der Waals surface area contributed by atoms with Crippen LogP contribution in [-0.4, -0.2) is 34.1 Å². The highest BCUT2D eigenvalue weighted by molar-refractivity contribution is 7.92. The molecule has 3 N–H and O–H groups in total. The van der Waals surface area contributed by atoms with Crippen LogP contribution in [0, 0.1) is 0 Å². The van der Waals surface area contributed by atoms with Crippen LogP contribution in [0.4, 0.5) is 5.69 Å². The quantitative estimate of drug-likeness (QED) is 0.784. The van der Waals surface area contributed by atoms with Gasteiger partial charge in [-0.2, -0.15) is 0 Å². The molecule has 0 aliphatic heterocycles. The first-order valence-corrected chi connectivity index (χ1v) is 7.14. The maximum Gasteiger partial charge on any atom is 0.229 e. The highest BCUT2D eigenvalue weighted by Crippen LogP contribution is 2.31. The molecule has 0 atom stereocenters. The van der Waals surface area contributed by atoms with Gasteiger partial charge in [0, 0.05) is 6.07 Å². The average molecular weight is 293 g/mol. The molecule has 0 radical (unpaired) electrons. The van der Waals surface area contributed by atoms with Gasteiger partial charge in [0.15, 0.2) is 5.78 Å². The van der Waals surface area contributed by atoms with Gasteiger partial charge in [0.25, 0.3) is 0 Å². The van der Waals surface area contributed by atoms with Crippen molar-refractivity contribution in [3.05, 3.63) is 22.7 Å². The zero-order valence-electron chi connectivity index (χ0n) is 9.86. The summed E-state index contributed by atoms with van der Waals surface area (Å²) in [7, 11) is -2.10. The lowest BCUT2D eigenvalue weighted by Gasteiger charge is -2.12. The molecule has 100 valence electrons. The van der Waals surface area contributed by atoms with Crippen molar-refractivity contribution in [1.82, 2.24) is 0 Å². The van der Waals surface area contributed by atoms with Gasteiger partial charge >= 0.3 is 0 Å². The van der Waals surface area contributed by atoms with Crippen molar-refractivity contribution in [2.24, 2.45) is 5.73 Å². The number of hydrogen-bond acceptors (Lipinski definition) is 5. The Morgan fingerprint density at radius 1 is 1.50 bits per heavy atom. The summed E-state index contributed by atoms with van der Waals surface area (Å²) in [5.74, 6) is -0.138. The molecular weight excluding hydrogens is 280 g/mol. The van der Waals surface area contributed by atoms with Crippen molar-refractivity contribution in [3.63, 3.8) is 0 Å². The summed E-state index contributed by atoms with van der Waals surface area (Å²) in [4.78, 5) is 11.5. The van der Waals surface area contributed by atoms with Gasteiger partial charge in [-0.3, -0.25) is 9.52 Å². The second kappa shape index (κ2) is 5.55. The number of nitrogens with two attached hydrogens (primary N) is 1. The molecule has 0 saturated heterocycles. The number of anilines is 1. The summed E-state index contributed by atoms with van der Waals surface area (Å²) in [6.07, 6.45) is 0.995. The van der Waals surface area contributed by atoms with Gasteiger partial charge in [-0.25, -0.2) is 8.42 Å². The van der Waals surface area contributed by atoms with Crippen LogP contribution >= 0.6 is 11.6 Å². The zero-order chi connectivity index (χ0) is 13.9. The number of carbonyl (C=O) groups is 1. The van der Waals surface area contributed by atoms with Crippen molar-refractivity contribution < 1.29 is 17.9 Å². The van der Waals surface area contributed by atoms with Gasteiger partial charge in [0.1, 0.15) is 5.75 Å². The number of methoxy groups -OCH3 is 1. The molecule has 6 nitrogen and oxygen atoms in total. The number of sulfonamides is 1. The monoisotopic (exact) mass is 292 g/mol. The molecule has 1 rings (SSSR count). The molecule has 0 aliphatic rings. The number of ketones is 1. The smallest absolute Gasteiger partial charge is 0.229 e. The van der Waals surface area contributed by atoms with Crippen molar-refractivity contribution in [2.75, 3.05) is 24.6 Å². The van der Waals surface area contributed by atoms with Gasteiger partial charge in [-0.1, -0.05) is 11.6 Å². The first-order chi connectivity index (χ1) is 8.28. The standard InChI is InChI=1S/C10H13ClN2O4S/c1-17-10-4-8(13-18(2,15)16)7(11)3-6(10)9(14)5-12/h3-4,13H,5,12H2,1-2H3. The number of rotatable bonds is 5. The molecule has 8 heteroatoms. The zero-order valence-corrected chi connectivity index (χ0v) is 11.4. The van der Waals surface area contributed by atoms with Crippen LogP contribution in [0.25, 0.3) is 0 Å². The Hall–Kier alpha value is -1.31. The molecular formula is C10H13ClN2O4S. The largest absolute Gasteiger partial charge is 0.496 e. The fourth-order valence-electron chi connectivity index (χ4n) is 1.33. The van der Waals surface area contributed by atoms with E-state index in [2.05, 4.69) is 4.72 Å². The van der Waals surface area contributed by atoms with E-state index in [9.17, 15) is 13.2 Å². The molecule has 0 aliphatic carbocycles. The molecule has 0 amide bonds. The summed E-state index contributed by atoms with van der Waals surface area (Å²) < 4.78 is 29.5. The lowest BCUT2D eigenvalue weighted by molar-refractivity contribution is 0.0998. The number of Topliss-reactive ketones (excluding diaryl/α,β-unsaturated/α-hetero) is 1. The van der Waals surface area contributed by atoms with Crippen LogP contribution in [0.5, 0.6) is 5.75 Å². The van der Waals surface area contributed by atoms with E-state index in [0.29, 0.717) is 0 Å². The van der Waals surface area contributed by atoms with Crippen molar-refractivity contribution >= 4 is 33.1 Å². The molecule has 0 spiro atoms. The molecule has 1 aromatic rings. The normalized spacial score (nSPS) is 11.1. The van der Waals surface area contributed by atoms with E-state index < -0.39 is 10.0 Å². The van der Waals surface area contributed by atoms with Crippen molar-refractivity contribution in [2.45, 2.75) is 0 Å². The summed E-state index contributed by atoms with van der Waals surface area (Å²) in [5, 5.41) is 0.0954. The van der Waals surface area contributed by atoms with Gasteiger partial charge in [-0.05, 0) is 6.07 Å². The first kappa shape index (κ1) is 14.7. The molecule has 0 fully saturated rings. The summed E-state index contributed by atoms with van der Waals surface area (Å²) >= 11 is 5.89. The number of halogens is 1. The number of benzene rings is 1. The molecule has 0 bridgehead atoms. The Kier molecular flexibility index (Phi) is 4.55. The lowest BCUT2D eigenvalue weighted by Crippen LogP contribution is -2.15. The third-order valence-electron chi connectivity index (χ3n) is 2.07. The number of ether oxygens (including phenoxy) is 1. The SMILES string of the molecule is COc1cc(NS(C)(=O)=O)c(Cl)cc1C(=O)CN. The minimum absolute atomic E-state index is 0.0954. The lowest BCUT2D eigenvalue weighted by atomic mass is 10.1. The van der Waals surface area contributed by atoms with Crippen LogP contribution < -0.4 is 15.2 Å². The Morgan fingerprint density at radius 3 is 2.56 bits per heavy atom. The van der Waals surface area contributed by atoms with Crippen LogP contribution in [0.1, 0.15) is 10.4 Å². The summed E-state index contributed by atoms with van der Waals surface area (Å²) in [5.41, 5.74) is 5.61. The van der Waals surface area contributed by atoms with E-state index in [1.807, 2.05) is 0 Å². The van der Waals surface area contributed by atoms with Crippen LogP contribution in [0.3, 0.4) is 0 Å². The predicted octanol–water partition coefficient (Wildman–Crippen LogP) is 0.862. The average Bonchev–Trinajstić information content (AvgIpc) is 2.28. The minimum atomic E-state index is -3.46. The second-order valence-corrected chi connectivity index (χ2v) is 5.69. The molecule has 0 saturated carbocycles. The Balaban J connectivity index is 3.31. The van der Waals surface area contributed by atoms with Crippen LogP contribution in [-0.2, 0) is 10.0 Å². The summed E-state index contributed by atoms with van der Waals surface area (Å²) in [6.45, 7) is -0.189. The Labute approximate surface area is 110 Å². The van der Waals surface area contributed by atoms with Gasteiger partial charge < -0.3 is 10.5 Å². The molecule has 18 heavy (non-hydrogen) atoms. The van der Waals surface area contributed by atoms with E-state index in [-0.39, 0.29) is 34.4 Å². The van der Waals surface area contributed by atoms with Gasteiger partial charge in [0.05, 0.1) is 36.2 Å². The van der Waals surface area contributed by atoms with E-state index in [4.69, 9.17) is 22.1 Å². The van der Waals surface area contributed by atoms with Crippen molar-refractivity contribution in [1.29, 1.82) is 0 Å². The second-order valence-electron chi connectivity index (χ2n) is 3.53. The molecule has 0 heterocycles. The molecule has 0 aromatic heterocycles. The van der Waals surface area contributed by atoms with Crippen LogP contribution in [0.15, 0.2) is 12.1 Å². The fraction of sp³-hybridized carbons (Fsp3) is 0.300. The van der Waals surface area contributed by atoms with E-state index >= 15 is 0 Å². The maximum atomic E-state index is 11.5. The topological polar surface area (TPSA) is 98.5 Å². The third kappa shape index (κ3) is 3.59. The predicted molar refractivity (Wildman–Crippen MR) is 69.9 cm³/mol. The number of carbonyl (C=O) groups excluding carboxylic acids is 1. The van der Waals surface area contributed by atoms with Crippen LogP contribution in [0.2, 0.25) is 5.02 Å². The Morgan fingerprint density at radius 2 is 2.11 bits per heavy atom. The van der Waals surface area contributed by atoms with E-state index in [1.54, 1.807) is 0 Å². The van der Waals surface area contributed by atoms with Gasteiger partial charge in [-0.15, -0.1) is 0 Å². The first-order valence-electron chi connectivity index (χ1n) is 4.87.